The maximum atomic E-state index is 11.8. The number of guanidine groups is 1. The predicted molar refractivity (Wildman–Crippen MR) is 115 cm³/mol. The molecule has 1 N–H and O–H groups in total. The van der Waals surface area contributed by atoms with Gasteiger partial charge in [-0.15, -0.1) is 24.0 Å². The lowest BCUT2D eigenvalue weighted by atomic mass is 10.3. The highest BCUT2D eigenvalue weighted by Crippen LogP contribution is 2.13. The van der Waals surface area contributed by atoms with E-state index < -0.39 is 10.0 Å². The van der Waals surface area contributed by atoms with Crippen LogP contribution in [-0.4, -0.2) is 87.2 Å². The monoisotopic (exact) mass is 494 g/mol. The Labute approximate surface area is 172 Å². The van der Waals surface area contributed by atoms with E-state index in [1.807, 2.05) is 24.4 Å². The summed E-state index contributed by atoms with van der Waals surface area (Å²) in [6.07, 6.45) is 2.54. The van der Waals surface area contributed by atoms with E-state index in [1.54, 1.807) is 11.4 Å². The topological polar surface area (TPSA) is 81.1 Å². The van der Waals surface area contributed by atoms with Crippen LogP contribution in [0.1, 0.15) is 6.42 Å². The molecule has 2 aliphatic heterocycles. The second kappa shape index (κ2) is 9.70. The van der Waals surface area contributed by atoms with Gasteiger partial charge in [-0.2, -0.15) is 0 Å². The normalized spacial score (nSPS) is 20.7. The number of rotatable bonds is 4. The van der Waals surface area contributed by atoms with Gasteiger partial charge in [-0.05, 0) is 18.6 Å². The SMILES string of the molecule is CN=C(NCCN1CCCS1(=O)=O)N1CCN(c2ccccn2)CC1.I. The molecule has 0 spiro atoms. The van der Waals surface area contributed by atoms with Crippen molar-refractivity contribution in [3.63, 3.8) is 0 Å². The van der Waals surface area contributed by atoms with Gasteiger partial charge in [0.1, 0.15) is 5.82 Å². The summed E-state index contributed by atoms with van der Waals surface area (Å²) in [5, 5.41) is 3.29. The smallest absolute Gasteiger partial charge is 0.214 e. The minimum Gasteiger partial charge on any atom is -0.355 e. The quantitative estimate of drug-likeness (QED) is 0.372. The van der Waals surface area contributed by atoms with Crippen LogP contribution in [0.5, 0.6) is 0 Å². The third-order valence-corrected chi connectivity index (χ3v) is 6.57. The molecule has 10 heteroatoms. The van der Waals surface area contributed by atoms with Gasteiger partial charge >= 0.3 is 0 Å². The lowest BCUT2D eigenvalue weighted by Gasteiger charge is -2.37. The van der Waals surface area contributed by atoms with Crippen LogP contribution in [0.25, 0.3) is 0 Å². The highest BCUT2D eigenvalue weighted by molar-refractivity contribution is 14.0. The zero-order valence-corrected chi connectivity index (χ0v) is 18.2. The Morgan fingerprint density at radius 1 is 1.23 bits per heavy atom. The maximum absolute atomic E-state index is 11.8. The van der Waals surface area contributed by atoms with Crippen molar-refractivity contribution in [1.82, 2.24) is 19.5 Å². The largest absolute Gasteiger partial charge is 0.355 e. The summed E-state index contributed by atoms with van der Waals surface area (Å²) in [6.45, 7) is 5.19. The van der Waals surface area contributed by atoms with Crippen molar-refractivity contribution >= 4 is 45.8 Å². The van der Waals surface area contributed by atoms with E-state index in [-0.39, 0.29) is 29.7 Å². The number of aromatic nitrogens is 1. The fraction of sp³-hybridized carbons (Fsp3) is 0.625. The van der Waals surface area contributed by atoms with Crippen molar-refractivity contribution in [2.75, 3.05) is 63.5 Å². The van der Waals surface area contributed by atoms with Crippen LogP contribution >= 0.6 is 24.0 Å². The average molecular weight is 494 g/mol. The van der Waals surface area contributed by atoms with Crippen LogP contribution < -0.4 is 10.2 Å². The second-order valence-corrected chi connectivity index (χ2v) is 8.29. The van der Waals surface area contributed by atoms with Gasteiger partial charge in [0.25, 0.3) is 0 Å². The Morgan fingerprint density at radius 2 is 2.00 bits per heavy atom. The molecule has 1 aromatic rings. The van der Waals surface area contributed by atoms with E-state index in [1.165, 1.54) is 0 Å². The number of hydrogen-bond acceptors (Lipinski definition) is 5. The molecule has 3 heterocycles. The first kappa shape index (κ1) is 21.2. The molecule has 8 nitrogen and oxygen atoms in total. The molecule has 0 bridgehead atoms. The van der Waals surface area contributed by atoms with E-state index >= 15 is 0 Å². The van der Waals surface area contributed by atoms with E-state index in [0.717, 1.165) is 44.4 Å². The number of hydrogen-bond donors (Lipinski definition) is 1. The van der Waals surface area contributed by atoms with E-state index in [0.29, 0.717) is 19.6 Å². The van der Waals surface area contributed by atoms with Gasteiger partial charge in [0.05, 0.1) is 5.75 Å². The number of nitrogens with zero attached hydrogens (tertiary/aromatic N) is 5. The van der Waals surface area contributed by atoms with E-state index in [2.05, 4.69) is 25.1 Å². The van der Waals surface area contributed by atoms with Crippen molar-refractivity contribution in [2.24, 2.45) is 4.99 Å². The first-order chi connectivity index (χ1) is 12.1. The van der Waals surface area contributed by atoms with Gasteiger partial charge in [0.2, 0.25) is 10.0 Å². The van der Waals surface area contributed by atoms with Crippen LogP contribution in [0.3, 0.4) is 0 Å². The number of aliphatic imine (C=N–C) groups is 1. The molecule has 2 saturated heterocycles. The van der Waals surface area contributed by atoms with Crippen molar-refractivity contribution < 1.29 is 8.42 Å². The van der Waals surface area contributed by atoms with Crippen molar-refractivity contribution in [3.8, 4) is 0 Å². The molecule has 0 atom stereocenters. The Hall–Kier alpha value is -1.14. The number of piperazine rings is 1. The molecular weight excluding hydrogens is 467 g/mol. The van der Waals surface area contributed by atoms with Crippen LogP contribution in [0.15, 0.2) is 29.4 Å². The summed E-state index contributed by atoms with van der Waals surface area (Å²) >= 11 is 0. The van der Waals surface area contributed by atoms with Crippen molar-refractivity contribution in [3.05, 3.63) is 24.4 Å². The molecule has 3 rings (SSSR count). The summed E-state index contributed by atoms with van der Waals surface area (Å²) in [6, 6.07) is 5.95. The fourth-order valence-electron chi connectivity index (χ4n) is 3.26. The zero-order chi connectivity index (χ0) is 17.7. The molecule has 0 radical (unpaired) electrons. The van der Waals surface area contributed by atoms with Crippen LogP contribution in [0.2, 0.25) is 0 Å². The standard InChI is InChI=1S/C16H26N6O2S.HI/c1-17-16(19-7-9-22-8-4-14-25(22,23)24)21-12-10-20(11-13-21)15-5-2-3-6-18-15;/h2-3,5-6H,4,7-14H2,1H3,(H,17,19);1H. The molecule has 0 unspecified atom stereocenters. The third kappa shape index (κ3) is 5.19. The first-order valence-electron chi connectivity index (χ1n) is 8.69. The molecular formula is C16H27IN6O2S. The minimum atomic E-state index is -3.03. The number of sulfonamides is 1. The van der Waals surface area contributed by atoms with Crippen LogP contribution in [0.4, 0.5) is 5.82 Å². The van der Waals surface area contributed by atoms with Crippen molar-refractivity contribution in [2.45, 2.75) is 6.42 Å². The first-order valence-corrected chi connectivity index (χ1v) is 10.3. The Kier molecular flexibility index (Phi) is 7.89. The van der Waals surface area contributed by atoms with E-state index in [4.69, 9.17) is 0 Å². The molecule has 0 amide bonds. The summed E-state index contributed by atoms with van der Waals surface area (Å²) < 4.78 is 25.2. The Bertz CT molecular complexity index is 692. The highest BCUT2D eigenvalue weighted by atomic mass is 127. The van der Waals surface area contributed by atoms with Gasteiger partial charge in [0.15, 0.2) is 5.96 Å². The molecule has 26 heavy (non-hydrogen) atoms. The molecule has 1 aromatic heterocycles. The number of halogens is 1. The highest BCUT2D eigenvalue weighted by Gasteiger charge is 2.27. The van der Waals surface area contributed by atoms with Gasteiger partial charge in [0, 0.05) is 59.1 Å². The molecule has 2 aliphatic rings. The fourth-order valence-corrected chi connectivity index (χ4v) is 4.78. The Morgan fingerprint density at radius 3 is 2.58 bits per heavy atom. The lowest BCUT2D eigenvalue weighted by Crippen LogP contribution is -2.53. The summed E-state index contributed by atoms with van der Waals surface area (Å²) in [5.41, 5.74) is 0. The van der Waals surface area contributed by atoms with E-state index in [9.17, 15) is 8.42 Å². The summed E-state index contributed by atoms with van der Waals surface area (Å²) in [5.74, 6) is 2.11. The van der Waals surface area contributed by atoms with Gasteiger partial charge in [-0.1, -0.05) is 6.07 Å². The minimum absolute atomic E-state index is 0. The Balaban J connectivity index is 0.00000243. The number of pyridine rings is 1. The molecule has 0 saturated carbocycles. The lowest BCUT2D eigenvalue weighted by molar-refractivity contribution is 0.368. The second-order valence-electron chi connectivity index (χ2n) is 6.20. The average Bonchev–Trinajstić information content (AvgIpc) is 2.98. The maximum Gasteiger partial charge on any atom is 0.214 e. The number of anilines is 1. The van der Waals surface area contributed by atoms with Crippen LogP contribution in [-0.2, 0) is 10.0 Å². The van der Waals surface area contributed by atoms with Crippen LogP contribution in [0, 0.1) is 0 Å². The molecule has 0 aliphatic carbocycles. The van der Waals surface area contributed by atoms with Crippen molar-refractivity contribution in [1.29, 1.82) is 0 Å². The predicted octanol–water partition coefficient (Wildman–Crippen LogP) is 0.433. The van der Waals surface area contributed by atoms with Gasteiger partial charge in [-0.25, -0.2) is 17.7 Å². The molecule has 0 aromatic carbocycles. The summed E-state index contributed by atoms with van der Waals surface area (Å²) in [7, 11) is -1.26. The summed E-state index contributed by atoms with van der Waals surface area (Å²) in [4.78, 5) is 13.2. The number of nitrogens with one attached hydrogen (secondary N) is 1. The zero-order valence-electron chi connectivity index (χ0n) is 15.0. The molecule has 2 fully saturated rings. The van der Waals surface area contributed by atoms with Gasteiger partial charge in [-0.3, -0.25) is 4.99 Å². The third-order valence-electron chi connectivity index (χ3n) is 4.61. The van der Waals surface area contributed by atoms with Gasteiger partial charge < -0.3 is 15.1 Å². The molecule has 146 valence electrons.